The summed E-state index contributed by atoms with van der Waals surface area (Å²) < 4.78 is 39.7. The molecule has 0 fully saturated rings. The molecule has 0 spiro atoms. The van der Waals surface area contributed by atoms with Gasteiger partial charge in [0.1, 0.15) is 0 Å². The van der Waals surface area contributed by atoms with Gasteiger partial charge in [0.2, 0.25) is 0 Å². The van der Waals surface area contributed by atoms with E-state index in [-0.39, 0.29) is 0 Å². The van der Waals surface area contributed by atoms with Gasteiger partial charge in [0.15, 0.2) is 4.77 Å². The lowest BCUT2D eigenvalue weighted by Gasteiger charge is -2.08. The van der Waals surface area contributed by atoms with E-state index in [0.29, 0.717) is 10.5 Å². The summed E-state index contributed by atoms with van der Waals surface area (Å²) in [6.07, 6.45) is -1.12. The predicted octanol–water partition coefficient (Wildman–Crippen LogP) is 4.10. The second-order valence-corrected chi connectivity index (χ2v) is 4.59. The number of imidazole rings is 1. The Balaban J connectivity index is 2.17. The molecule has 0 aliphatic heterocycles. The van der Waals surface area contributed by atoms with E-state index >= 15 is 0 Å². The van der Waals surface area contributed by atoms with Gasteiger partial charge in [-0.1, -0.05) is 0 Å². The molecule has 0 aliphatic carbocycles. The summed E-state index contributed by atoms with van der Waals surface area (Å²) in [6, 6.07) is 6.62. The van der Waals surface area contributed by atoms with Gasteiger partial charge in [0.25, 0.3) is 0 Å². The molecule has 102 valence electrons. The van der Waals surface area contributed by atoms with Crippen LogP contribution >= 0.6 is 12.2 Å². The van der Waals surface area contributed by atoms with Crippen LogP contribution in [0.15, 0.2) is 42.7 Å². The number of nitrogens with zero attached hydrogens (tertiary/aromatic N) is 2. The van der Waals surface area contributed by atoms with Crippen molar-refractivity contribution in [1.29, 1.82) is 0 Å². The molecule has 0 amide bonds. The van der Waals surface area contributed by atoms with Gasteiger partial charge in [-0.2, -0.15) is 13.2 Å². The Hall–Kier alpha value is -2.15. The van der Waals surface area contributed by atoms with Crippen LogP contribution in [0.25, 0.3) is 16.7 Å². The molecule has 0 saturated carbocycles. The number of alkyl halides is 3. The van der Waals surface area contributed by atoms with E-state index in [4.69, 9.17) is 12.2 Å². The molecule has 0 bridgehead atoms. The number of benzene rings is 1. The van der Waals surface area contributed by atoms with Crippen LogP contribution in [-0.2, 0) is 6.18 Å². The van der Waals surface area contributed by atoms with Crippen molar-refractivity contribution in [1.82, 2.24) is 14.5 Å². The van der Waals surface area contributed by atoms with Crippen LogP contribution in [0.5, 0.6) is 0 Å². The van der Waals surface area contributed by atoms with Gasteiger partial charge in [-0.3, -0.25) is 9.55 Å². The Kier molecular flexibility index (Phi) is 2.86. The van der Waals surface area contributed by atoms with Crippen molar-refractivity contribution in [3.05, 3.63) is 53.1 Å². The molecular formula is C13H8F3N3S. The highest BCUT2D eigenvalue weighted by molar-refractivity contribution is 7.71. The molecule has 7 heteroatoms. The summed E-state index contributed by atoms with van der Waals surface area (Å²) in [5, 5.41) is 0. The van der Waals surface area contributed by atoms with Crippen LogP contribution < -0.4 is 0 Å². The van der Waals surface area contributed by atoms with Crippen LogP contribution in [0.4, 0.5) is 13.2 Å². The van der Waals surface area contributed by atoms with Crippen molar-refractivity contribution < 1.29 is 13.2 Å². The Morgan fingerprint density at radius 3 is 2.45 bits per heavy atom. The molecule has 1 aromatic carbocycles. The standard InChI is InChI=1S/C13H8F3N3S/c14-13(15,16)8-1-3-9(4-2-8)19-11-5-6-17-7-10(11)18-12(19)20/h1-7H,(H,18,20). The van der Waals surface area contributed by atoms with Crippen molar-refractivity contribution in [2.75, 3.05) is 0 Å². The predicted molar refractivity (Wildman–Crippen MR) is 71.3 cm³/mol. The summed E-state index contributed by atoms with van der Waals surface area (Å²) in [5.74, 6) is 0. The monoisotopic (exact) mass is 295 g/mol. The molecule has 0 unspecified atom stereocenters. The highest BCUT2D eigenvalue weighted by atomic mass is 32.1. The van der Waals surface area contributed by atoms with Crippen molar-refractivity contribution in [2.45, 2.75) is 6.18 Å². The minimum absolute atomic E-state index is 0.410. The van der Waals surface area contributed by atoms with E-state index in [1.54, 1.807) is 23.0 Å². The van der Waals surface area contributed by atoms with Crippen molar-refractivity contribution in [3.8, 4) is 5.69 Å². The fourth-order valence-electron chi connectivity index (χ4n) is 2.01. The van der Waals surface area contributed by atoms with E-state index in [1.807, 2.05) is 0 Å². The molecule has 3 rings (SSSR count). The average molecular weight is 295 g/mol. The third kappa shape index (κ3) is 2.09. The van der Waals surface area contributed by atoms with Gasteiger partial charge in [-0.15, -0.1) is 0 Å². The first-order valence-corrected chi connectivity index (χ1v) is 6.10. The lowest BCUT2D eigenvalue weighted by Crippen LogP contribution is -2.05. The number of hydrogen-bond donors (Lipinski definition) is 1. The molecular weight excluding hydrogens is 287 g/mol. The molecule has 2 aromatic heterocycles. The van der Waals surface area contributed by atoms with E-state index in [1.165, 1.54) is 12.1 Å². The van der Waals surface area contributed by atoms with Crippen LogP contribution in [0.3, 0.4) is 0 Å². The summed E-state index contributed by atoms with van der Waals surface area (Å²) in [4.78, 5) is 6.93. The highest BCUT2D eigenvalue weighted by Crippen LogP contribution is 2.30. The highest BCUT2D eigenvalue weighted by Gasteiger charge is 2.30. The fourth-order valence-corrected chi connectivity index (χ4v) is 2.33. The third-order valence-electron chi connectivity index (χ3n) is 2.94. The van der Waals surface area contributed by atoms with E-state index in [2.05, 4.69) is 9.97 Å². The van der Waals surface area contributed by atoms with E-state index in [9.17, 15) is 13.2 Å². The van der Waals surface area contributed by atoms with Crippen molar-refractivity contribution >= 4 is 23.3 Å². The van der Waals surface area contributed by atoms with Crippen molar-refractivity contribution in [3.63, 3.8) is 0 Å². The Morgan fingerprint density at radius 2 is 1.80 bits per heavy atom. The maximum absolute atomic E-state index is 12.6. The van der Waals surface area contributed by atoms with Gasteiger partial charge < -0.3 is 4.98 Å². The fraction of sp³-hybridized carbons (Fsp3) is 0.0769. The summed E-state index contributed by atoms with van der Waals surface area (Å²) in [7, 11) is 0. The maximum Gasteiger partial charge on any atom is 0.416 e. The first kappa shape index (κ1) is 12.9. The number of hydrogen-bond acceptors (Lipinski definition) is 2. The maximum atomic E-state index is 12.6. The second-order valence-electron chi connectivity index (χ2n) is 4.20. The third-order valence-corrected chi connectivity index (χ3v) is 3.22. The number of H-pyrrole nitrogens is 1. The van der Waals surface area contributed by atoms with Crippen molar-refractivity contribution in [2.24, 2.45) is 0 Å². The zero-order valence-corrected chi connectivity index (χ0v) is 10.8. The lowest BCUT2D eigenvalue weighted by atomic mass is 10.2. The molecule has 1 N–H and O–H groups in total. The quantitative estimate of drug-likeness (QED) is 0.686. The number of halogens is 3. The minimum atomic E-state index is -4.34. The first-order valence-electron chi connectivity index (χ1n) is 5.69. The Labute approximate surface area is 116 Å². The lowest BCUT2D eigenvalue weighted by molar-refractivity contribution is -0.137. The molecule has 3 aromatic rings. The van der Waals surface area contributed by atoms with Gasteiger partial charge in [-0.05, 0) is 42.5 Å². The zero-order chi connectivity index (χ0) is 14.3. The number of aromatic amines is 1. The van der Waals surface area contributed by atoms with Crippen LogP contribution in [0.1, 0.15) is 5.56 Å². The van der Waals surface area contributed by atoms with Crippen LogP contribution in [0.2, 0.25) is 0 Å². The normalized spacial score (nSPS) is 11.9. The smallest absolute Gasteiger partial charge is 0.329 e. The number of rotatable bonds is 1. The van der Waals surface area contributed by atoms with Crippen LogP contribution in [0, 0.1) is 4.77 Å². The topological polar surface area (TPSA) is 33.6 Å². The second kappa shape index (κ2) is 4.45. The number of pyridine rings is 1. The Morgan fingerprint density at radius 1 is 1.10 bits per heavy atom. The summed E-state index contributed by atoms with van der Waals surface area (Å²) >= 11 is 5.20. The molecule has 0 saturated heterocycles. The molecule has 0 aliphatic rings. The van der Waals surface area contributed by atoms with Gasteiger partial charge in [-0.25, -0.2) is 0 Å². The molecule has 3 nitrogen and oxygen atoms in total. The first-order chi connectivity index (χ1) is 9.47. The largest absolute Gasteiger partial charge is 0.416 e. The molecule has 0 radical (unpaired) electrons. The number of nitrogens with one attached hydrogen (secondary N) is 1. The molecule has 0 atom stereocenters. The summed E-state index contributed by atoms with van der Waals surface area (Å²) in [5.41, 5.74) is 1.39. The SMILES string of the molecule is FC(F)(F)c1ccc(-n2c(=S)[nH]c3cnccc32)cc1. The van der Waals surface area contributed by atoms with E-state index in [0.717, 1.165) is 23.2 Å². The number of aromatic nitrogens is 3. The number of fused-ring (bicyclic) bond motifs is 1. The van der Waals surface area contributed by atoms with Gasteiger partial charge in [0, 0.05) is 11.9 Å². The van der Waals surface area contributed by atoms with Crippen LogP contribution in [-0.4, -0.2) is 14.5 Å². The van der Waals surface area contributed by atoms with Gasteiger partial charge >= 0.3 is 6.18 Å². The van der Waals surface area contributed by atoms with Gasteiger partial charge in [0.05, 0.1) is 22.8 Å². The summed E-state index contributed by atoms with van der Waals surface area (Å²) in [6.45, 7) is 0. The van der Waals surface area contributed by atoms with E-state index < -0.39 is 11.7 Å². The average Bonchev–Trinajstić information content (AvgIpc) is 2.73. The zero-order valence-electron chi connectivity index (χ0n) is 9.98. The minimum Gasteiger partial charge on any atom is -0.329 e. The molecule has 2 heterocycles. The Bertz CT molecular complexity index is 815. The molecule has 20 heavy (non-hydrogen) atoms.